The Morgan fingerprint density at radius 2 is 1.74 bits per heavy atom. The van der Waals surface area contributed by atoms with E-state index in [1.165, 1.54) is 30.6 Å². The van der Waals surface area contributed by atoms with Crippen LogP contribution in [-0.4, -0.2) is 61.4 Å². The Balaban J connectivity index is 1.51. The van der Waals surface area contributed by atoms with Crippen LogP contribution in [0.25, 0.3) is 0 Å². The van der Waals surface area contributed by atoms with Crippen LogP contribution in [0.4, 0.5) is 14.7 Å². The Morgan fingerprint density at radius 1 is 1.07 bits per heavy atom. The molecule has 43 heavy (non-hydrogen) atoms. The maximum absolute atomic E-state index is 13.0. The monoisotopic (exact) mass is 660 g/mol. The van der Waals surface area contributed by atoms with E-state index in [-0.39, 0.29) is 39.5 Å². The van der Waals surface area contributed by atoms with Gasteiger partial charge in [0.2, 0.25) is 16.0 Å². The maximum atomic E-state index is 13.0. The van der Waals surface area contributed by atoms with Gasteiger partial charge in [-0.25, -0.2) is 28.0 Å². The highest BCUT2D eigenvalue weighted by molar-refractivity contribution is 7.91. The average Bonchev–Trinajstić information content (AvgIpc) is 3.76. The summed E-state index contributed by atoms with van der Waals surface area (Å²) >= 11 is 12.6. The van der Waals surface area contributed by atoms with Crippen molar-refractivity contribution in [3.05, 3.63) is 69.7 Å². The Labute approximate surface area is 254 Å². The molecule has 2 heterocycles. The molecule has 1 saturated carbocycles. The molecule has 4 rings (SSSR count). The highest BCUT2D eigenvalue weighted by Gasteiger charge is 2.26. The van der Waals surface area contributed by atoms with E-state index >= 15 is 0 Å². The molecular weight excluding hydrogens is 637 g/mol. The van der Waals surface area contributed by atoms with Crippen LogP contribution < -0.4 is 14.2 Å². The first-order valence-corrected chi connectivity index (χ1v) is 15.2. The zero-order chi connectivity index (χ0) is 31.1. The lowest BCUT2D eigenvalue weighted by Gasteiger charge is -2.21. The molecule has 0 aliphatic heterocycles. The number of aromatic nitrogens is 3. The minimum atomic E-state index is -3.63. The number of benzene rings is 1. The molecule has 1 N–H and O–H groups in total. The number of rotatable bonds is 14. The fourth-order valence-corrected chi connectivity index (χ4v) is 4.58. The van der Waals surface area contributed by atoms with Crippen molar-refractivity contribution in [2.45, 2.75) is 32.0 Å². The number of nitrogens with one attached hydrogen (secondary N) is 1. The van der Waals surface area contributed by atoms with Crippen molar-refractivity contribution in [1.29, 1.82) is 0 Å². The molecule has 0 radical (unpaired) electrons. The summed E-state index contributed by atoms with van der Waals surface area (Å²) in [4.78, 5) is 36.5. The van der Waals surface area contributed by atoms with Gasteiger partial charge in [-0.15, -0.1) is 0 Å². The lowest BCUT2D eigenvalue weighted by molar-refractivity contribution is -0.153. The highest BCUT2D eigenvalue weighted by atomic mass is 35.5. The van der Waals surface area contributed by atoms with Crippen molar-refractivity contribution in [3.8, 4) is 11.5 Å². The summed E-state index contributed by atoms with van der Waals surface area (Å²) < 4.78 is 71.6. The van der Waals surface area contributed by atoms with Crippen LogP contribution in [0.1, 0.15) is 40.4 Å². The summed E-state index contributed by atoms with van der Waals surface area (Å²) in [6.45, 7) is -3.63. The van der Waals surface area contributed by atoms with E-state index in [1.54, 1.807) is 0 Å². The number of hydrogen-bond donors (Lipinski definition) is 1. The standard InChI is InChI=1S/C26H24Cl2F2N4O8S/c1-43(37,38)34-26-32-8-16(9-33-26)24(36)40-13-23(35)41-21(7-17-18(27)10-31-11-19(17)28)15-4-5-20(42-25(29)30)22(6-15)39-12-14-2-3-14/h4-6,8-11,14,21,25H,2-3,7,12-13H2,1H3,(H,32,33,34). The quantitative estimate of drug-likeness (QED) is 0.241. The minimum Gasteiger partial charge on any atom is -0.489 e. The van der Waals surface area contributed by atoms with Crippen LogP contribution in [0.2, 0.25) is 10.0 Å². The van der Waals surface area contributed by atoms with E-state index < -0.39 is 41.3 Å². The number of alkyl halides is 2. The Hall–Kier alpha value is -3.82. The Kier molecular flexibility index (Phi) is 10.5. The summed E-state index contributed by atoms with van der Waals surface area (Å²) in [5, 5.41) is 0.383. The lowest BCUT2D eigenvalue weighted by atomic mass is 10.0. The molecule has 1 unspecified atom stereocenters. The van der Waals surface area contributed by atoms with Crippen molar-refractivity contribution in [2.75, 3.05) is 24.2 Å². The predicted octanol–water partition coefficient (Wildman–Crippen LogP) is 4.62. The van der Waals surface area contributed by atoms with E-state index in [2.05, 4.69) is 19.7 Å². The van der Waals surface area contributed by atoms with Gasteiger partial charge < -0.3 is 18.9 Å². The molecule has 2 aromatic heterocycles. The number of carbonyl (C=O) groups is 2. The number of anilines is 1. The van der Waals surface area contributed by atoms with Gasteiger partial charge in [0.1, 0.15) is 6.10 Å². The SMILES string of the molecule is CS(=O)(=O)Nc1ncc(C(=O)OCC(=O)OC(Cc2c(Cl)cncc2Cl)c2ccc(OC(F)F)c(OCC3CC3)c2)cn1. The highest BCUT2D eigenvalue weighted by Crippen LogP contribution is 2.37. The number of halogens is 4. The third-order valence-corrected chi connectivity index (χ3v) is 7.03. The molecule has 230 valence electrons. The molecule has 1 atom stereocenters. The smallest absolute Gasteiger partial charge is 0.387 e. The summed E-state index contributed by atoms with van der Waals surface area (Å²) in [6, 6.07) is 4.09. The minimum absolute atomic E-state index is 0.0258. The number of nitrogens with zero attached hydrogens (tertiary/aromatic N) is 3. The number of esters is 2. The molecule has 1 aliphatic carbocycles. The first kappa shape index (κ1) is 32.1. The fraction of sp³-hybridized carbons (Fsp3) is 0.346. The molecule has 0 spiro atoms. The summed E-state index contributed by atoms with van der Waals surface area (Å²) in [5.74, 6) is -2.08. The fourth-order valence-electron chi connectivity index (χ4n) is 3.62. The van der Waals surface area contributed by atoms with E-state index in [1.807, 2.05) is 4.72 Å². The summed E-state index contributed by atoms with van der Waals surface area (Å²) in [7, 11) is -3.63. The third kappa shape index (κ3) is 9.86. The predicted molar refractivity (Wildman–Crippen MR) is 149 cm³/mol. The molecule has 17 heteroatoms. The van der Waals surface area contributed by atoms with Crippen LogP contribution in [0.3, 0.4) is 0 Å². The van der Waals surface area contributed by atoms with Gasteiger partial charge in [-0.3, -0.25) is 9.71 Å². The third-order valence-electron chi connectivity index (χ3n) is 5.83. The van der Waals surface area contributed by atoms with E-state index in [0.29, 0.717) is 23.7 Å². The normalized spacial score (nSPS) is 13.7. The average molecular weight is 661 g/mol. The maximum Gasteiger partial charge on any atom is 0.387 e. The van der Waals surface area contributed by atoms with Gasteiger partial charge in [-0.2, -0.15) is 8.78 Å². The largest absolute Gasteiger partial charge is 0.489 e. The van der Waals surface area contributed by atoms with E-state index in [0.717, 1.165) is 31.5 Å². The second-order valence-electron chi connectivity index (χ2n) is 9.35. The second-order valence-corrected chi connectivity index (χ2v) is 11.9. The van der Waals surface area contributed by atoms with Crippen molar-refractivity contribution < 1.29 is 45.7 Å². The molecule has 0 bridgehead atoms. The van der Waals surface area contributed by atoms with Crippen LogP contribution in [0, 0.1) is 5.92 Å². The van der Waals surface area contributed by atoms with Gasteiger partial charge >= 0.3 is 18.6 Å². The molecule has 1 aliphatic rings. The lowest BCUT2D eigenvalue weighted by Crippen LogP contribution is -2.21. The molecule has 1 aromatic carbocycles. The zero-order valence-corrected chi connectivity index (χ0v) is 24.7. The summed E-state index contributed by atoms with van der Waals surface area (Å²) in [5.41, 5.74) is 0.561. The molecular formula is C26H24Cl2F2N4O8S. The first-order chi connectivity index (χ1) is 20.4. The van der Waals surface area contributed by atoms with Gasteiger partial charge in [0.25, 0.3) is 0 Å². The second kappa shape index (κ2) is 14.1. The topological polar surface area (TPSA) is 156 Å². The van der Waals surface area contributed by atoms with Crippen molar-refractivity contribution >= 4 is 51.1 Å². The van der Waals surface area contributed by atoms with Gasteiger partial charge in [0.15, 0.2) is 18.1 Å². The van der Waals surface area contributed by atoms with Gasteiger partial charge in [0.05, 0.1) is 28.5 Å². The number of pyridine rings is 1. The van der Waals surface area contributed by atoms with E-state index in [9.17, 15) is 26.8 Å². The van der Waals surface area contributed by atoms with Crippen molar-refractivity contribution in [1.82, 2.24) is 15.0 Å². The Morgan fingerprint density at radius 3 is 2.35 bits per heavy atom. The zero-order valence-electron chi connectivity index (χ0n) is 22.3. The van der Waals surface area contributed by atoms with Gasteiger partial charge in [-0.1, -0.05) is 29.3 Å². The number of sulfonamides is 1. The number of hydrogen-bond acceptors (Lipinski definition) is 11. The van der Waals surface area contributed by atoms with Crippen molar-refractivity contribution in [2.24, 2.45) is 5.92 Å². The van der Waals surface area contributed by atoms with Crippen LogP contribution >= 0.6 is 23.2 Å². The number of carbonyl (C=O) groups excluding carboxylic acids is 2. The van der Waals surface area contributed by atoms with E-state index in [4.69, 9.17) is 37.4 Å². The van der Waals surface area contributed by atoms with Crippen molar-refractivity contribution in [3.63, 3.8) is 0 Å². The molecule has 0 saturated heterocycles. The molecule has 12 nitrogen and oxygen atoms in total. The number of ether oxygens (including phenoxy) is 4. The van der Waals surface area contributed by atoms with Gasteiger partial charge in [0, 0.05) is 31.2 Å². The molecule has 3 aromatic rings. The van der Waals surface area contributed by atoms with Crippen LogP contribution in [0.5, 0.6) is 11.5 Å². The molecule has 0 amide bonds. The summed E-state index contributed by atoms with van der Waals surface area (Å²) in [6.07, 6.45) is 6.40. The van der Waals surface area contributed by atoms with Crippen LogP contribution in [-0.2, 0) is 30.7 Å². The first-order valence-electron chi connectivity index (χ1n) is 12.5. The Bertz CT molecular complexity index is 1560. The van der Waals surface area contributed by atoms with Gasteiger partial charge in [-0.05, 0) is 42.0 Å². The van der Waals surface area contributed by atoms with Crippen LogP contribution in [0.15, 0.2) is 43.0 Å². The molecule has 1 fully saturated rings.